The van der Waals surface area contributed by atoms with E-state index in [1.54, 1.807) is 63.2 Å². The zero-order chi connectivity index (χ0) is 28.0. The molecule has 3 aromatic rings. The number of anilines is 1. The highest BCUT2D eigenvalue weighted by Crippen LogP contribution is 2.28. The first-order chi connectivity index (χ1) is 17.9. The smallest absolute Gasteiger partial charge is 0.264 e. The molecule has 7 nitrogen and oxygen atoms in total. The van der Waals surface area contributed by atoms with E-state index >= 15 is 0 Å². The molecule has 1 atom stereocenters. The Bertz CT molecular complexity index is 1390. The van der Waals surface area contributed by atoms with Crippen LogP contribution in [0.15, 0.2) is 77.7 Å². The van der Waals surface area contributed by atoms with Crippen molar-refractivity contribution in [2.45, 2.75) is 44.3 Å². The molecule has 0 saturated carbocycles. The van der Waals surface area contributed by atoms with Crippen molar-refractivity contribution in [3.05, 3.63) is 94.2 Å². The molecule has 0 spiro atoms. The average molecular weight is 581 g/mol. The standard InChI is InChI=1S/C27H28Cl2FN3O4S/c1-18(2)31-27(35)19(3)32(16-20-9-11-21(28)12-10-20)26(34)17-33(22-13-14-25(30)24(29)15-22)38(36,37)23-7-5-4-6-8-23/h4-15,18-19H,16-17H2,1-3H3,(H,31,35). The van der Waals surface area contributed by atoms with Crippen LogP contribution in [0.25, 0.3) is 0 Å². The van der Waals surface area contributed by atoms with Crippen molar-refractivity contribution in [2.75, 3.05) is 10.8 Å². The minimum absolute atomic E-state index is 0.000619. The molecule has 0 aromatic heterocycles. The van der Waals surface area contributed by atoms with Crippen molar-refractivity contribution in [3.63, 3.8) is 0 Å². The summed E-state index contributed by atoms with van der Waals surface area (Å²) in [6.07, 6.45) is 0. The summed E-state index contributed by atoms with van der Waals surface area (Å²) in [6.45, 7) is 4.51. The van der Waals surface area contributed by atoms with E-state index in [0.717, 1.165) is 16.4 Å². The van der Waals surface area contributed by atoms with E-state index in [1.165, 1.54) is 23.1 Å². The van der Waals surface area contributed by atoms with Crippen LogP contribution in [0.3, 0.4) is 0 Å². The van der Waals surface area contributed by atoms with E-state index in [0.29, 0.717) is 10.6 Å². The molecule has 202 valence electrons. The molecule has 0 aliphatic rings. The SMILES string of the molecule is CC(C)NC(=O)C(C)N(Cc1ccc(Cl)cc1)C(=O)CN(c1ccc(F)c(Cl)c1)S(=O)(=O)c1ccccc1. The van der Waals surface area contributed by atoms with E-state index in [9.17, 15) is 22.4 Å². The quantitative estimate of drug-likeness (QED) is 0.354. The van der Waals surface area contributed by atoms with Gasteiger partial charge in [-0.1, -0.05) is 53.5 Å². The molecule has 2 amide bonds. The van der Waals surface area contributed by atoms with Gasteiger partial charge in [-0.25, -0.2) is 12.8 Å². The predicted molar refractivity (Wildman–Crippen MR) is 147 cm³/mol. The maximum Gasteiger partial charge on any atom is 0.264 e. The number of hydrogen-bond donors (Lipinski definition) is 1. The van der Waals surface area contributed by atoms with E-state index in [2.05, 4.69) is 5.32 Å². The monoisotopic (exact) mass is 579 g/mol. The van der Waals surface area contributed by atoms with Gasteiger partial charge in [0.25, 0.3) is 10.0 Å². The average Bonchev–Trinajstić information content (AvgIpc) is 2.88. The molecular formula is C27H28Cl2FN3O4S. The molecule has 11 heteroatoms. The zero-order valence-electron chi connectivity index (χ0n) is 21.1. The summed E-state index contributed by atoms with van der Waals surface area (Å²) in [5.41, 5.74) is 0.688. The van der Waals surface area contributed by atoms with Crippen molar-refractivity contribution in [2.24, 2.45) is 0 Å². The number of rotatable bonds is 10. The van der Waals surface area contributed by atoms with E-state index in [1.807, 2.05) is 0 Å². The first-order valence-electron chi connectivity index (χ1n) is 11.8. The zero-order valence-corrected chi connectivity index (χ0v) is 23.4. The largest absolute Gasteiger partial charge is 0.352 e. The third-order valence-electron chi connectivity index (χ3n) is 5.67. The molecule has 3 rings (SSSR count). The molecule has 0 aliphatic heterocycles. The molecule has 0 aliphatic carbocycles. The lowest BCUT2D eigenvalue weighted by molar-refractivity contribution is -0.139. The van der Waals surface area contributed by atoms with Crippen LogP contribution < -0.4 is 9.62 Å². The number of benzene rings is 3. The van der Waals surface area contributed by atoms with Gasteiger partial charge in [0.05, 0.1) is 15.6 Å². The second-order valence-electron chi connectivity index (χ2n) is 8.91. The third kappa shape index (κ3) is 7.24. The van der Waals surface area contributed by atoms with Gasteiger partial charge in [0, 0.05) is 17.6 Å². The Kier molecular flexibility index (Phi) is 9.76. The number of sulfonamides is 1. The highest BCUT2D eigenvalue weighted by molar-refractivity contribution is 7.92. The Morgan fingerprint density at radius 2 is 1.58 bits per heavy atom. The first-order valence-corrected chi connectivity index (χ1v) is 14.0. The van der Waals surface area contributed by atoms with Crippen molar-refractivity contribution >= 4 is 50.7 Å². The number of carbonyl (C=O) groups excluding carboxylic acids is 2. The van der Waals surface area contributed by atoms with Crippen LogP contribution >= 0.6 is 23.2 Å². The Morgan fingerprint density at radius 3 is 2.16 bits per heavy atom. The van der Waals surface area contributed by atoms with Gasteiger partial charge in [0.1, 0.15) is 18.4 Å². The van der Waals surface area contributed by atoms with Crippen molar-refractivity contribution < 1.29 is 22.4 Å². The number of halogens is 3. The highest BCUT2D eigenvalue weighted by atomic mass is 35.5. The summed E-state index contributed by atoms with van der Waals surface area (Å²) in [5, 5.41) is 2.99. The van der Waals surface area contributed by atoms with Crippen LogP contribution in [-0.4, -0.2) is 43.8 Å². The number of nitrogens with zero attached hydrogens (tertiary/aromatic N) is 2. The maximum atomic E-state index is 13.9. The number of hydrogen-bond acceptors (Lipinski definition) is 4. The molecule has 0 bridgehead atoms. The lowest BCUT2D eigenvalue weighted by Crippen LogP contribution is -2.52. The first kappa shape index (κ1) is 29.4. The van der Waals surface area contributed by atoms with Gasteiger partial charge < -0.3 is 10.2 Å². The summed E-state index contributed by atoms with van der Waals surface area (Å²) in [4.78, 5) is 27.9. The number of carbonyl (C=O) groups is 2. The lowest BCUT2D eigenvalue weighted by atomic mass is 10.1. The molecule has 0 saturated heterocycles. The van der Waals surface area contributed by atoms with Crippen molar-refractivity contribution in [1.82, 2.24) is 10.2 Å². The minimum atomic E-state index is -4.27. The predicted octanol–water partition coefficient (Wildman–Crippen LogP) is 5.27. The molecule has 0 heterocycles. The van der Waals surface area contributed by atoms with Gasteiger partial charge in [-0.05, 0) is 68.8 Å². The van der Waals surface area contributed by atoms with Crippen LogP contribution in [0.5, 0.6) is 0 Å². The fraction of sp³-hybridized carbons (Fsp3) is 0.259. The number of amides is 2. The Labute approximate surface area is 232 Å². The van der Waals surface area contributed by atoms with E-state index in [-0.39, 0.29) is 28.2 Å². The molecule has 3 aromatic carbocycles. The second kappa shape index (κ2) is 12.6. The molecular weight excluding hydrogens is 552 g/mol. The molecule has 1 N–H and O–H groups in total. The summed E-state index contributed by atoms with van der Waals surface area (Å²) in [6, 6.07) is 16.6. The highest BCUT2D eigenvalue weighted by Gasteiger charge is 2.33. The summed E-state index contributed by atoms with van der Waals surface area (Å²) in [7, 11) is -4.27. The van der Waals surface area contributed by atoms with Gasteiger partial charge in [0.2, 0.25) is 11.8 Å². The second-order valence-corrected chi connectivity index (χ2v) is 11.6. The van der Waals surface area contributed by atoms with Crippen LogP contribution in [0.2, 0.25) is 10.0 Å². The third-order valence-corrected chi connectivity index (χ3v) is 8.00. The van der Waals surface area contributed by atoms with Crippen LogP contribution in [-0.2, 0) is 26.2 Å². The van der Waals surface area contributed by atoms with Crippen LogP contribution in [0, 0.1) is 5.82 Å². The summed E-state index contributed by atoms with van der Waals surface area (Å²) in [5.74, 6) is -1.78. The van der Waals surface area contributed by atoms with Gasteiger partial charge in [-0.2, -0.15) is 0 Å². The van der Waals surface area contributed by atoms with Crippen LogP contribution in [0.4, 0.5) is 10.1 Å². The van der Waals surface area contributed by atoms with Gasteiger partial charge in [-0.3, -0.25) is 13.9 Å². The summed E-state index contributed by atoms with van der Waals surface area (Å²) >= 11 is 12.0. The van der Waals surface area contributed by atoms with Gasteiger partial charge in [-0.15, -0.1) is 0 Å². The van der Waals surface area contributed by atoms with Crippen molar-refractivity contribution in [1.29, 1.82) is 0 Å². The number of nitrogens with one attached hydrogen (secondary N) is 1. The molecule has 0 radical (unpaired) electrons. The van der Waals surface area contributed by atoms with Crippen molar-refractivity contribution in [3.8, 4) is 0 Å². The molecule has 38 heavy (non-hydrogen) atoms. The fourth-order valence-electron chi connectivity index (χ4n) is 3.66. The topological polar surface area (TPSA) is 86.8 Å². The molecule has 0 fully saturated rings. The Morgan fingerprint density at radius 1 is 0.947 bits per heavy atom. The van der Waals surface area contributed by atoms with Gasteiger partial charge >= 0.3 is 0 Å². The maximum absolute atomic E-state index is 13.9. The van der Waals surface area contributed by atoms with E-state index in [4.69, 9.17) is 23.2 Å². The van der Waals surface area contributed by atoms with E-state index < -0.39 is 40.2 Å². The molecule has 1 unspecified atom stereocenters. The summed E-state index contributed by atoms with van der Waals surface area (Å²) < 4.78 is 42.1. The Balaban J connectivity index is 2.04. The van der Waals surface area contributed by atoms with Gasteiger partial charge in [0.15, 0.2) is 0 Å². The Hall–Kier alpha value is -3.14. The lowest BCUT2D eigenvalue weighted by Gasteiger charge is -2.32. The van der Waals surface area contributed by atoms with Crippen LogP contribution in [0.1, 0.15) is 26.3 Å². The minimum Gasteiger partial charge on any atom is -0.352 e. The normalized spacial score (nSPS) is 12.2. The fourth-order valence-corrected chi connectivity index (χ4v) is 5.39.